The lowest BCUT2D eigenvalue weighted by Crippen LogP contribution is -2.41. The van der Waals surface area contributed by atoms with Crippen LogP contribution in [-0.4, -0.2) is 28.9 Å². The predicted molar refractivity (Wildman–Crippen MR) is 86.4 cm³/mol. The number of aromatic amines is 1. The maximum atomic E-state index is 12.6. The van der Waals surface area contributed by atoms with E-state index in [1.807, 2.05) is 35.2 Å². The van der Waals surface area contributed by atoms with Crippen LogP contribution in [0.3, 0.4) is 0 Å². The van der Waals surface area contributed by atoms with Crippen molar-refractivity contribution in [3.05, 3.63) is 36.0 Å². The fourth-order valence-electron chi connectivity index (χ4n) is 3.31. The summed E-state index contributed by atoms with van der Waals surface area (Å²) in [5, 5.41) is 1.10. The topological polar surface area (TPSA) is 36.1 Å². The SMILES string of the molecule is CC(C)(C)C1CCN(C(=O)c2cc3ccccc3[nH]2)CC1. The van der Waals surface area contributed by atoms with E-state index >= 15 is 0 Å². The Hall–Kier alpha value is -1.77. The van der Waals surface area contributed by atoms with Crippen molar-refractivity contribution < 1.29 is 4.79 Å². The average Bonchev–Trinajstić information content (AvgIpc) is 2.89. The Kier molecular flexibility index (Phi) is 3.52. The van der Waals surface area contributed by atoms with Crippen molar-refractivity contribution in [1.82, 2.24) is 9.88 Å². The molecule has 21 heavy (non-hydrogen) atoms. The minimum atomic E-state index is 0.138. The van der Waals surface area contributed by atoms with Gasteiger partial charge in [0, 0.05) is 24.0 Å². The smallest absolute Gasteiger partial charge is 0.270 e. The van der Waals surface area contributed by atoms with Crippen molar-refractivity contribution in [2.24, 2.45) is 11.3 Å². The van der Waals surface area contributed by atoms with Gasteiger partial charge < -0.3 is 9.88 Å². The van der Waals surface area contributed by atoms with Gasteiger partial charge in [0.05, 0.1) is 0 Å². The lowest BCUT2D eigenvalue weighted by Gasteiger charge is -2.38. The lowest BCUT2D eigenvalue weighted by molar-refractivity contribution is 0.0604. The largest absolute Gasteiger partial charge is 0.351 e. The van der Waals surface area contributed by atoms with Crippen molar-refractivity contribution >= 4 is 16.8 Å². The van der Waals surface area contributed by atoms with Crippen LogP contribution in [0.2, 0.25) is 0 Å². The van der Waals surface area contributed by atoms with E-state index in [0.29, 0.717) is 17.0 Å². The number of nitrogens with one attached hydrogen (secondary N) is 1. The van der Waals surface area contributed by atoms with Gasteiger partial charge >= 0.3 is 0 Å². The van der Waals surface area contributed by atoms with Gasteiger partial charge in [-0.3, -0.25) is 4.79 Å². The second-order valence-corrected chi connectivity index (χ2v) is 7.20. The molecule has 3 rings (SSSR count). The standard InChI is InChI=1S/C18H24N2O/c1-18(2,3)14-8-10-20(11-9-14)17(21)16-12-13-6-4-5-7-15(13)19-16/h4-7,12,14,19H,8-11H2,1-3H3. The van der Waals surface area contributed by atoms with Gasteiger partial charge in [0.2, 0.25) is 0 Å². The number of aromatic nitrogens is 1. The van der Waals surface area contributed by atoms with Crippen molar-refractivity contribution in [1.29, 1.82) is 0 Å². The van der Waals surface area contributed by atoms with Crippen molar-refractivity contribution in [2.75, 3.05) is 13.1 Å². The molecule has 0 atom stereocenters. The number of carbonyl (C=O) groups excluding carboxylic acids is 1. The van der Waals surface area contributed by atoms with Crippen LogP contribution in [0.1, 0.15) is 44.1 Å². The molecule has 0 radical (unpaired) electrons. The third-order valence-electron chi connectivity index (χ3n) is 4.77. The number of hydrogen-bond acceptors (Lipinski definition) is 1. The van der Waals surface area contributed by atoms with Gasteiger partial charge in [0.1, 0.15) is 5.69 Å². The van der Waals surface area contributed by atoms with E-state index in [9.17, 15) is 4.79 Å². The number of carbonyl (C=O) groups is 1. The number of piperidine rings is 1. The van der Waals surface area contributed by atoms with Gasteiger partial charge in [-0.25, -0.2) is 0 Å². The maximum Gasteiger partial charge on any atom is 0.270 e. The van der Waals surface area contributed by atoms with Gasteiger partial charge in [-0.15, -0.1) is 0 Å². The first-order chi connectivity index (χ1) is 9.95. The van der Waals surface area contributed by atoms with Crippen molar-refractivity contribution in [2.45, 2.75) is 33.6 Å². The molecule has 3 heteroatoms. The number of H-pyrrole nitrogens is 1. The third-order valence-corrected chi connectivity index (χ3v) is 4.77. The number of para-hydroxylation sites is 1. The molecule has 1 fully saturated rings. The van der Waals surface area contributed by atoms with Crippen LogP contribution in [0.15, 0.2) is 30.3 Å². The molecule has 1 saturated heterocycles. The zero-order valence-corrected chi connectivity index (χ0v) is 13.1. The first-order valence-electron chi connectivity index (χ1n) is 7.82. The molecule has 3 nitrogen and oxygen atoms in total. The highest BCUT2D eigenvalue weighted by Crippen LogP contribution is 2.34. The second-order valence-electron chi connectivity index (χ2n) is 7.20. The van der Waals surface area contributed by atoms with E-state index in [4.69, 9.17) is 0 Å². The van der Waals surface area contributed by atoms with E-state index in [-0.39, 0.29) is 5.91 Å². The Bertz CT molecular complexity index is 610. The highest BCUT2D eigenvalue weighted by atomic mass is 16.2. The van der Waals surface area contributed by atoms with Gasteiger partial charge in [-0.05, 0) is 36.3 Å². The summed E-state index contributed by atoms with van der Waals surface area (Å²) in [6.07, 6.45) is 2.21. The van der Waals surface area contributed by atoms with Crippen LogP contribution in [-0.2, 0) is 0 Å². The molecule has 0 spiro atoms. The summed E-state index contributed by atoms with van der Waals surface area (Å²) in [7, 11) is 0. The highest BCUT2D eigenvalue weighted by Gasteiger charge is 2.30. The summed E-state index contributed by atoms with van der Waals surface area (Å²) >= 11 is 0. The van der Waals surface area contributed by atoms with E-state index in [2.05, 4.69) is 25.8 Å². The Balaban J connectivity index is 1.72. The van der Waals surface area contributed by atoms with Gasteiger partial charge in [0.15, 0.2) is 0 Å². The number of benzene rings is 1. The third kappa shape index (κ3) is 2.82. The number of fused-ring (bicyclic) bond motifs is 1. The van der Waals surface area contributed by atoms with Crippen molar-refractivity contribution in [3.8, 4) is 0 Å². The van der Waals surface area contributed by atoms with Crippen LogP contribution < -0.4 is 0 Å². The molecule has 1 aromatic heterocycles. The minimum absolute atomic E-state index is 0.138. The highest BCUT2D eigenvalue weighted by molar-refractivity contribution is 5.98. The molecule has 1 aliphatic rings. The quantitative estimate of drug-likeness (QED) is 0.842. The minimum Gasteiger partial charge on any atom is -0.351 e. The number of amides is 1. The van der Waals surface area contributed by atoms with Crippen LogP contribution >= 0.6 is 0 Å². The van der Waals surface area contributed by atoms with E-state index in [1.54, 1.807) is 0 Å². The molecule has 2 heterocycles. The first kappa shape index (κ1) is 14.2. The number of likely N-dealkylation sites (tertiary alicyclic amines) is 1. The number of nitrogens with zero attached hydrogens (tertiary/aromatic N) is 1. The zero-order chi connectivity index (χ0) is 15.0. The molecule has 0 saturated carbocycles. The van der Waals surface area contributed by atoms with E-state index in [0.717, 1.165) is 36.8 Å². The molecule has 1 N–H and O–H groups in total. The van der Waals surface area contributed by atoms with E-state index in [1.165, 1.54) is 0 Å². The molecule has 1 aliphatic heterocycles. The molecule has 112 valence electrons. The first-order valence-corrected chi connectivity index (χ1v) is 7.82. The molecule has 1 aromatic carbocycles. The number of rotatable bonds is 1. The van der Waals surface area contributed by atoms with Gasteiger partial charge in [0.25, 0.3) is 5.91 Å². The second kappa shape index (κ2) is 5.21. The molecule has 0 unspecified atom stereocenters. The van der Waals surface area contributed by atoms with Crippen LogP contribution in [0.25, 0.3) is 10.9 Å². The molecular weight excluding hydrogens is 260 g/mol. The summed E-state index contributed by atoms with van der Waals surface area (Å²) in [5.41, 5.74) is 2.09. The summed E-state index contributed by atoms with van der Waals surface area (Å²) in [6, 6.07) is 10.0. The lowest BCUT2D eigenvalue weighted by atomic mass is 9.75. The van der Waals surface area contributed by atoms with Crippen LogP contribution in [0.5, 0.6) is 0 Å². The van der Waals surface area contributed by atoms with Crippen molar-refractivity contribution in [3.63, 3.8) is 0 Å². The Morgan fingerprint density at radius 1 is 1.19 bits per heavy atom. The van der Waals surface area contributed by atoms with Crippen LogP contribution in [0.4, 0.5) is 0 Å². The molecular formula is C18H24N2O. The summed E-state index contributed by atoms with van der Waals surface area (Å²) in [4.78, 5) is 17.9. The molecule has 2 aromatic rings. The predicted octanol–water partition coefficient (Wildman–Crippen LogP) is 4.07. The van der Waals surface area contributed by atoms with Crippen LogP contribution in [0, 0.1) is 11.3 Å². The fourth-order valence-corrected chi connectivity index (χ4v) is 3.31. The molecule has 0 aliphatic carbocycles. The Morgan fingerprint density at radius 3 is 2.48 bits per heavy atom. The zero-order valence-electron chi connectivity index (χ0n) is 13.1. The number of hydrogen-bond donors (Lipinski definition) is 1. The Labute approximate surface area is 126 Å². The average molecular weight is 284 g/mol. The van der Waals surface area contributed by atoms with Gasteiger partial charge in [-0.2, -0.15) is 0 Å². The molecule has 0 bridgehead atoms. The fraction of sp³-hybridized carbons (Fsp3) is 0.500. The molecule has 1 amide bonds. The Morgan fingerprint density at radius 2 is 1.86 bits per heavy atom. The maximum absolute atomic E-state index is 12.6. The van der Waals surface area contributed by atoms with Gasteiger partial charge in [-0.1, -0.05) is 39.0 Å². The summed E-state index contributed by atoms with van der Waals surface area (Å²) in [6.45, 7) is 8.64. The summed E-state index contributed by atoms with van der Waals surface area (Å²) < 4.78 is 0. The summed E-state index contributed by atoms with van der Waals surface area (Å²) in [5.74, 6) is 0.850. The monoisotopic (exact) mass is 284 g/mol. The van der Waals surface area contributed by atoms with E-state index < -0.39 is 0 Å². The normalized spacial score (nSPS) is 17.4.